The molecule has 0 atom stereocenters. The molecule has 1 aliphatic heterocycles. The molecule has 172 valence electrons. The molecule has 2 aromatic heterocycles. The van der Waals surface area contributed by atoms with Gasteiger partial charge in [0.2, 0.25) is 5.95 Å². The van der Waals surface area contributed by atoms with Crippen LogP contribution in [-0.4, -0.2) is 64.1 Å². The molecule has 2 aliphatic rings. The molecule has 3 heterocycles. The first kappa shape index (κ1) is 21.3. The summed E-state index contributed by atoms with van der Waals surface area (Å²) in [6, 6.07) is 7.81. The van der Waals surface area contributed by atoms with Crippen molar-refractivity contribution < 1.29 is 4.79 Å². The summed E-state index contributed by atoms with van der Waals surface area (Å²) in [6.45, 7) is 5.65. The third-order valence-electron chi connectivity index (χ3n) is 5.98. The van der Waals surface area contributed by atoms with Gasteiger partial charge in [0.25, 0.3) is 5.91 Å². The van der Waals surface area contributed by atoms with Gasteiger partial charge >= 0.3 is 0 Å². The molecule has 1 saturated carbocycles. The number of amides is 1. The lowest BCUT2D eigenvalue weighted by atomic mass is 10.2. The van der Waals surface area contributed by atoms with E-state index in [0.29, 0.717) is 37.0 Å². The molecule has 1 aromatic carbocycles. The fourth-order valence-electron chi connectivity index (χ4n) is 3.94. The highest BCUT2D eigenvalue weighted by atomic mass is 16.2. The number of rotatable bonds is 8. The number of hydrogen-bond acceptors (Lipinski definition) is 8. The Labute approximate surface area is 193 Å². The molecule has 0 unspecified atom stereocenters. The quantitative estimate of drug-likeness (QED) is 0.541. The lowest BCUT2D eigenvalue weighted by Crippen LogP contribution is -2.33. The Hall–Kier alpha value is -3.53. The van der Waals surface area contributed by atoms with Crippen LogP contribution in [0.1, 0.15) is 35.8 Å². The van der Waals surface area contributed by atoms with Crippen LogP contribution in [0.2, 0.25) is 0 Å². The molecule has 5 rings (SSSR count). The predicted molar refractivity (Wildman–Crippen MR) is 127 cm³/mol. The van der Waals surface area contributed by atoms with E-state index in [1.54, 1.807) is 15.8 Å². The average molecular weight is 448 g/mol. The molecule has 10 heteroatoms. The van der Waals surface area contributed by atoms with Gasteiger partial charge in [0.15, 0.2) is 0 Å². The first-order valence-corrected chi connectivity index (χ1v) is 11.5. The monoisotopic (exact) mass is 447 g/mol. The third-order valence-corrected chi connectivity index (χ3v) is 5.98. The van der Waals surface area contributed by atoms with E-state index in [1.165, 1.54) is 12.8 Å². The predicted octanol–water partition coefficient (Wildman–Crippen LogP) is 2.09. The van der Waals surface area contributed by atoms with E-state index in [2.05, 4.69) is 30.9 Å². The largest absolute Gasteiger partial charge is 0.357 e. The van der Waals surface area contributed by atoms with Crippen LogP contribution in [0.5, 0.6) is 0 Å². The lowest BCUT2D eigenvalue weighted by Gasteiger charge is -2.21. The summed E-state index contributed by atoms with van der Waals surface area (Å²) >= 11 is 0. The Balaban J connectivity index is 1.36. The highest BCUT2D eigenvalue weighted by Crippen LogP contribution is 2.28. The lowest BCUT2D eigenvalue weighted by molar-refractivity contribution is 0.0989. The number of nitrogens with one attached hydrogen (secondary N) is 2. The molecule has 1 fully saturated rings. The number of aromatic nitrogens is 5. The number of fused-ring (bicyclic) bond motifs is 1. The van der Waals surface area contributed by atoms with Gasteiger partial charge in [0.05, 0.1) is 17.6 Å². The molecule has 0 bridgehead atoms. The van der Waals surface area contributed by atoms with E-state index in [9.17, 15) is 4.79 Å². The normalized spacial score (nSPS) is 16.0. The van der Waals surface area contributed by atoms with Crippen molar-refractivity contribution in [1.29, 1.82) is 0 Å². The SMILES string of the molecule is CCNc1ncc2c(n1)N(C)CCN(c1cccc(-n3cc(CNCC4CC4)nn3)c1)C2=O. The van der Waals surface area contributed by atoms with E-state index >= 15 is 0 Å². The zero-order valence-corrected chi connectivity index (χ0v) is 19.0. The first-order chi connectivity index (χ1) is 16.1. The maximum Gasteiger partial charge on any atom is 0.263 e. The second kappa shape index (κ2) is 9.14. The zero-order valence-electron chi connectivity index (χ0n) is 19.0. The minimum absolute atomic E-state index is 0.113. The van der Waals surface area contributed by atoms with E-state index < -0.39 is 0 Å². The number of carbonyl (C=O) groups is 1. The summed E-state index contributed by atoms with van der Waals surface area (Å²) in [7, 11) is 1.95. The zero-order chi connectivity index (χ0) is 22.8. The van der Waals surface area contributed by atoms with Crippen LogP contribution in [0.4, 0.5) is 17.5 Å². The van der Waals surface area contributed by atoms with Crippen molar-refractivity contribution in [3.05, 3.63) is 47.9 Å². The second-order valence-electron chi connectivity index (χ2n) is 8.59. The molecule has 3 aromatic rings. The van der Waals surface area contributed by atoms with E-state index in [4.69, 9.17) is 0 Å². The number of carbonyl (C=O) groups excluding carboxylic acids is 1. The van der Waals surface area contributed by atoms with Crippen LogP contribution in [-0.2, 0) is 6.54 Å². The average Bonchev–Trinajstić information content (AvgIpc) is 3.55. The molecular formula is C23H29N9O. The van der Waals surface area contributed by atoms with E-state index in [1.807, 2.05) is 49.3 Å². The Bertz CT molecular complexity index is 1140. The van der Waals surface area contributed by atoms with Crippen molar-refractivity contribution >= 4 is 23.4 Å². The molecule has 1 amide bonds. The van der Waals surface area contributed by atoms with Crippen molar-refractivity contribution in [3.8, 4) is 5.69 Å². The molecule has 10 nitrogen and oxygen atoms in total. The highest BCUT2D eigenvalue weighted by Gasteiger charge is 2.28. The van der Waals surface area contributed by atoms with E-state index in [-0.39, 0.29) is 5.91 Å². The summed E-state index contributed by atoms with van der Waals surface area (Å²) in [5.41, 5.74) is 3.05. The van der Waals surface area contributed by atoms with Crippen molar-refractivity contribution in [3.63, 3.8) is 0 Å². The van der Waals surface area contributed by atoms with Crippen molar-refractivity contribution in [2.75, 3.05) is 48.3 Å². The molecule has 2 N–H and O–H groups in total. The summed E-state index contributed by atoms with van der Waals surface area (Å²) in [5.74, 6) is 1.88. The van der Waals surface area contributed by atoms with E-state index in [0.717, 1.165) is 36.1 Å². The van der Waals surface area contributed by atoms with Crippen LogP contribution in [0.25, 0.3) is 5.69 Å². The number of nitrogens with zero attached hydrogens (tertiary/aromatic N) is 7. The van der Waals surface area contributed by atoms with Crippen molar-refractivity contribution in [2.24, 2.45) is 5.92 Å². The van der Waals surface area contributed by atoms with Gasteiger partial charge in [-0.3, -0.25) is 4.79 Å². The number of likely N-dealkylation sites (N-methyl/N-ethyl adjacent to an activating group) is 1. The van der Waals surface area contributed by atoms with Crippen LogP contribution in [0, 0.1) is 5.92 Å². The van der Waals surface area contributed by atoms with Gasteiger partial charge in [0.1, 0.15) is 11.4 Å². The number of benzene rings is 1. The molecule has 0 saturated heterocycles. The van der Waals surface area contributed by atoms with Crippen LogP contribution in [0.3, 0.4) is 0 Å². The Kier molecular flexibility index (Phi) is 5.91. The molecule has 0 spiro atoms. The Morgan fingerprint density at radius 1 is 1.18 bits per heavy atom. The molecule has 33 heavy (non-hydrogen) atoms. The van der Waals surface area contributed by atoms with Crippen molar-refractivity contribution in [2.45, 2.75) is 26.3 Å². The standard InChI is InChI=1S/C23H29N9O/c1-3-25-23-26-14-20-21(27-23)30(2)9-10-31(22(20)33)18-5-4-6-19(11-18)32-15-17(28-29-32)13-24-12-16-7-8-16/h4-6,11,14-16,24H,3,7-10,12-13H2,1-2H3,(H,25,26,27). The Morgan fingerprint density at radius 2 is 2.03 bits per heavy atom. The van der Waals surface area contributed by atoms with Gasteiger partial charge in [-0.2, -0.15) is 4.98 Å². The van der Waals surface area contributed by atoms with Crippen LogP contribution >= 0.6 is 0 Å². The fraction of sp³-hybridized carbons (Fsp3) is 0.435. The van der Waals surface area contributed by atoms with Gasteiger partial charge in [-0.15, -0.1) is 5.10 Å². The van der Waals surface area contributed by atoms with Gasteiger partial charge < -0.3 is 20.4 Å². The number of anilines is 3. The van der Waals surface area contributed by atoms with Crippen molar-refractivity contribution in [1.82, 2.24) is 30.3 Å². The third kappa shape index (κ3) is 4.65. The van der Waals surface area contributed by atoms with Gasteiger partial charge in [-0.25, -0.2) is 9.67 Å². The summed E-state index contributed by atoms with van der Waals surface area (Å²) in [4.78, 5) is 26.1. The first-order valence-electron chi connectivity index (χ1n) is 11.5. The smallest absolute Gasteiger partial charge is 0.263 e. The number of hydrogen-bond donors (Lipinski definition) is 2. The van der Waals surface area contributed by atoms with Crippen LogP contribution in [0.15, 0.2) is 36.7 Å². The minimum atomic E-state index is -0.113. The topological polar surface area (TPSA) is 104 Å². The highest BCUT2D eigenvalue weighted by molar-refractivity contribution is 6.09. The molecular weight excluding hydrogens is 418 g/mol. The summed E-state index contributed by atoms with van der Waals surface area (Å²) in [6.07, 6.45) is 6.19. The molecule has 0 radical (unpaired) electrons. The van der Waals surface area contributed by atoms with Gasteiger partial charge in [0, 0.05) is 45.1 Å². The fourth-order valence-corrected chi connectivity index (χ4v) is 3.94. The summed E-state index contributed by atoms with van der Waals surface area (Å²) in [5, 5.41) is 15.1. The minimum Gasteiger partial charge on any atom is -0.357 e. The maximum absolute atomic E-state index is 13.4. The molecule has 1 aliphatic carbocycles. The summed E-state index contributed by atoms with van der Waals surface area (Å²) < 4.78 is 1.76. The Morgan fingerprint density at radius 3 is 2.85 bits per heavy atom. The van der Waals surface area contributed by atoms with Crippen LogP contribution < -0.4 is 20.4 Å². The van der Waals surface area contributed by atoms with Gasteiger partial charge in [-0.1, -0.05) is 11.3 Å². The van der Waals surface area contributed by atoms with Gasteiger partial charge in [-0.05, 0) is 50.4 Å². The second-order valence-corrected chi connectivity index (χ2v) is 8.59. The maximum atomic E-state index is 13.4.